The lowest BCUT2D eigenvalue weighted by Crippen LogP contribution is -1.66. The lowest BCUT2D eigenvalue weighted by molar-refractivity contribution is 0.476. The van der Waals surface area contributed by atoms with Crippen molar-refractivity contribution in [1.29, 1.82) is 0 Å². The molecule has 0 radical (unpaired) electrons. The van der Waals surface area contributed by atoms with E-state index in [1.807, 2.05) is 24.3 Å². The molecule has 3 aromatic rings. The van der Waals surface area contributed by atoms with E-state index in [0.717, 1.165) is 15.1 Å². The van der Waals surface area contributed by atoms with E-state index in [9.17, 15) is 5.11 Å². The number of benzene rings is 1. The summed E-state index contributed by atoms with van der Waals surface area (Å²) in [5.41, 5.74) is 1.15. The number of thiophene rings is 2. The fourth-order valence-electron chi connectivity index (χ4n) is 1.96. The maximum atomic E-state index is 9.49. The van der Waals surface area contributed by atoms with Gasteiger partial charge in [0.15, 0.2) is 0 Å². The lowest BCUT2D eigenvalue weighted by Gasteiger charge is -1.92. The van der Waals surface area contributed by atoms with Crippen LogP contribution in [0.15, 0.2) is 31.4 Å². The average Bonchev–Trinajstić information content (AvgIpc) is 2.82. The van der Waals surface area contributed by atoms with Crippen LogP contribution in [-0.2, 0) is 0 Å². The van der Waals surface area contributed by atoms with Crippen molar-refractivity contribution in [3.8, 4) is 5.75 Å². The molecule has 3 rings (SSSR count). The fourth-order valence-corrected chi connectivity index (χ4v) is 4.62. The summed E-state index contributed by atoms with van der Waals surface area (Å²) < 4.78 is 3.61. The minimum atomic E-state index is 0.315. The smallest absolute Gasteiger partial charge is 0.117 e. The van der Waals surface area contributed by atoms with E-state index in [0.29, 0.717) is 5.75 Å². The minimum Gasteiger partial charge on any atom is -0.508 e. The molecule has 84 valence electrons. The molecule has 0 aliphatic rings. The molecule has 0 bridgehead atoms. The third-order valence-electron chi connectivity index (χ3n) is 2.74. The summed E-state index contributed by atoms with van der Waals surface area (Å²) in [7, 11) is 0. The van der Waals surface area contributed by atoms with Crippen LogP contribution in [0.2, 0.25) is 0 Å². The first-order valence-corrected chi connectivity index (χ1v) is 6.80. The van der Waals surface area contributed by atoms with Crippen LogP contribution in [0, 0.1) is 0 Å². The van der Waals surface area contributed by atoms with Crippen molar-refractivity contribution in [2.24, 2.45) is 0 Å². The Labute approximate surface area is 107 Å². The highest BCUT2D eigenvalue weighted by atomic mass is 32.1. The number of fused-ring (bicyclic) bond motifs is 3. The Morgan fingerprint density at radius 3 is 2.59 bits per heavy atom. The van der Waals surface area contributed by atoms with Crippen molar-refractivity contribution in [3.05, 3.63) is 41.8 Å². The molecule has 0 saturated carbocycles. The highest BCUT2D eigenvalue weighted by molar-refractivity contribution is 7.33. The van der Waals surface area contributed by atoms with E-state index < -0.39 is 0 Å². The van der Waals surface area contributed by atoms with Gasteiger partial charge in [0.05, 0.1) is 9.40 Å². The van der Waals surface area contributed by atoms with Crippen LogP contribution in [0.1, 0.15) is 10.4 Å². The van der Waals surface area contributed by atoms with Crippen LogP contribution in [-0.4, -0.2) is 5.11 Å². The van der Waals surface area contributed by atoms with E-state index in [1.165, 1.54) is 14.8 Å². The minimum absolute atomic E-state index is 0.315. The summed E-state index contributed by atoms with van der Waals surface area (Å²) in [6.07, 6.45) is 3.76. The average molecular weight is 258 g/mol. The summed E-state index contributed by atoms with van der Waals surface area (Å²) in [5, 5.41) is 10.7. The van der Waals surface area contributed by atoms with Gasteiger partial charge in [-0.3, -0.25) is 0 Å². The van der Waals surface area contributed by atoms with Gasteiger partial charge in [-0.15, -0.1) is 22.7 Å². The largest absolute Gasteiger partial charge is 0.508 e. The monoisotopic (exact) mass is 258 g/mol. The van der Waals surface area contributed by atoms with E-state index in [1.54, 1.807) is 28.7 Å². The van der Waals surface area contributed by atoms with Gasteiger partial charge < -0.3 is 5.11 Å². The SMILES string of the molecule is C=Cc1sc2c(sc3cc(O)ccc32)c1C=C. The van der Waals surface area contributed by atoms with Crippen LogP contribution < -0.4 is 0 Å². The van der Waals surface area contributed by atoms with Crippen molar-refractivity contribution in [1.82, 2.24) is 0 Å². The first-order chi connectivity index (χ1) is 8.24. The Bertz CT molecular complexity index is 746. The van der Waals surface area contributed by atoms with Crippen molar-refractivity contribution in [3.63, 3.8) is 0 Å². The number of hydrogen-bond acceptors (Lipinski definition) is 3. The number of rotatable bonds is 2. The molecule has 1 aromatic carbocycles. The Balaban J connectivity index is 2.50. The van der Waals surface area contributed by atoms with Gasteiger partial charge in [0, 0.05) is 20.5 Å². The summed E-state index contributed by atoms with van der Waals surface area (Å²) in [6.45, 7) is 7.70. The third-order valence-corrected chi connectivity index (χ3v) is 5.29. The predicted octanol–water partition coefficient (Wildman–Crippen LogP) is 5.11. The second-order valence-electron chi connectivity index (χ2n) is 3.73. The molecule has 17 heavy (non-hydrogen) atoms. The third kappa shape index (κ3) is 1.43. The molecule has 0 fully saturated rings. The number of hydrogen-bond donors (Lipinski definition) is 1. The van der Waals surface area contributed by atoms with E-state index >= 15 is 0 Å². The molecule has 0 aliphatic carbocycles. The van der Waals surface area contributed by atoms with Crippen LogP contribution >= 0.6 is 22.7 Å². The molecule has 1 N–H and O–H groups in total. The zero-order valence-corrected chi connectivity index (χ0v) is 10.7. The van der Waals surface area contributed by atoms with E-state index in [2.05, 4.69) is 13.2 Å². The Hall–Kier alpha value is -1.58. The van der Waals surface area contributed by atoms with E-state index in [4.69, 9.17) is 0 Å². The quantitative estimate of drug-likeness (QED) is 0.677. The molecule has 0 amide bonds. The maximum Gasteiger partial charge on any atom is 0.117 e. The highest BCUT2D eigenvalue weighted by Gasteiger charge is 2.13. The molecule has 0 spiro atoms. The molecule has 0 unspecified atom stereocenters. The number of aromatic hydroxyl groups is 1. The summed E-state index contributed by atoms with van der Waals surface area (Å²) in [5.74, 6) is 0.315. The maximum absolute atomic E-state index is 9.49. The van der Waals surface area contributed by atoms with Crippen molar-refractivity contribution in [2.75, 3.05) is 0 Å². The van der Waals surface area contributed by atoms with Gasteiger partial charge in [-0.05, 0) is 18.2 Å². The summed E-state index contributed by atoms with van der Waals surface area (Å²) >= 11 is 3.42. The molecular weight excluding hydrogens is 248 g/mol. The Morgan fingerprint density at radius 2 is 1.88 bits per heavy atom. The van der Waals surface area contributed by atoms with Gasteiger partial charge in [-0.2, -0.15) is 0 Å². The van der Waals surface area contributed by atoms with E-state index in [-0.39, 0.29) is 0 Å². The standard InChI is InChI=1S/C14H10OS2/c1-3-9-11(4-2)16-14-10-6-5-8(15)7-12(10)17-13(9)14/h3-7,15H,1-2H2. The van der Waals surface area contributed by atoms with Gasteiger partial charge in [-0.1, -0.05) is 25.3 Å². The zero-order valence-electron chi connectivity index (χ0n) is 9.06. The molecule has 3 heteroatoms. The normalized spacial score (nSPS) is 11.1. The zero-order chi connectivity index (χ0) is 12.0. The highest BCUT2D eigenvalue weighted by Crippen LogP contribution is 2.44. The summed E-state index contributed by atoms with van der Waals surface area (Å²) in [6, 6.07) is 5.52. The molecule has 0 atom stereocenters. The van der Waals surface area contributed by atoms with Gasteiger partial charge in [-0.25, -0.2) is 0 Å². The van der Waals surface area contributed by atoms with Crippen LogP contribution in [0.3, 0.4) is 0 Å². The van der Waals surface area contributed by atoms with Gasteiger partial charge in [0.1, 0.15) is 5.75 Å². The second-order valence-corrected chi connectivity index (χ2v) is 5.83. The van der Waals surface area contributed by atoms with Crippen molar-refractivity contribution < 1.29 is 5.11 Å². The Morgan fingerprint density at radius 1 is 1.06 bits per heavy atom. The lowest BCUT2D eigenvalue weighted by atomic mass is 10.2. The molecule has 0 saturated heterocycles. The van der Waals surface area contributed by atoms with Crippen LogP contribution in [0.5, 0.6) is 5.75 Å². The first-order valence-electron chi connectivity index (χ1n) is 5.17. The number of phenols is 1. The second kappa shape index (κ2) is 3.72. The molecule has 1 nitrogen and oxygen atoms in total. The van der Waals surface area contributed by atoms with Crippen LogP contribution in [0.25, 0.3) is 31.6 Å². The topological polar surface area (TPSA) is 20.2 Å². The van der Waals surface area contributed by atoms with Crippen molar-refractivity contribution >= 4 is 54.3 Å². The summed E-state index contributed by atoms with van der Waals surface area (Å²) in [4.78, 5) is 1.16. The molecule has 2 heterocycles. The van der Waals surface area contributed by atoms with Gasteiger partial charge in [0.2, 0.25) is 0 Å². The Kier molecular flexibility index (Phi) is 2.31. The fraction of sp³-hybridized carbons (Fsp3) is 0. The molecule has 0 aliphatic heterocycles. The van der Waals surface area contributed by atoms with Crippen molar-refractivity contribution in [2.45, 2.75) is 0 Å². The predicted molar refractivity (Wildman–Crippen MR) is 79.1 cm³/mol. The van der Waals surface area contributed by atoms with Gasteiger partial charge >= 0.3 is 0 Å². The first kappa shape index (κ1) is 10.6. The van der Waals surface area contributed by atoms with Gasteiger partial charge in [0.25, 0.3) is 0 Å². The molecule has 2 aromatic heterocycles. The molecular formula is C14H10OS2. The van der Waals surface area contributed by atoms with Crippen LogP contribution in [0.4, 0.5) is 0 Å². The number of phenolic OH excluding ortho intramolecular Hbond substituents is 1.